The highest BCUT2D eigenvalue weighted by molar-refractivity contribution is 5.90. The van der Waals surface area contributed by atoms with E-state index in [0.29, 0.717) is 12.1 Å². The molecule has 6 heteroatoms. The van der Waals surface area contributed by atoms with Crippen molar-refractivity contribution >= 4 is 17.5 Å². The van der Waals surface area contributed by atoms with Crippen LogP contribution in [0, 0.1) is 0 Å². The zero-order valence-electron chi connectivity index (χ0n) is 14.0. The fourth-order valence-electron chi connectivity index (χ4n) is 2.68. The van der Waals surface area contributed by atoms with Gasteiger partial charge >= 0.3 is 0 Å². The van der Waals surface area contributed by atoms with Crippen molar-refractivity contribution in [3.05, 3.63) is 48.3 Å². The number of benzene rings is 1. The predicted molar refractivity (Wildman–Crippen MR) is 95.1 cm³/mol. The summed E-state index contributed by atoms with van der Waals surface area (Å²) in [6, 6.07) is 10.0. The Labute approximate surface area is 142 Å². The Morgan fingerprint density at radius 3 is 2.42 bits per heavy atom. The number of aryl methyl sites for hydroxylation is 1. The van der Waals surface area contributed by atoms with Crippen LogP contribution in [0.15, 0.2) is 42.7 Å². The van der Waals surface area contributed by atoms with Gasteiger partial charge in [-0.25, -0.2) is 9.97 Å². The van der Waals surface area contributed by atoms with Gasteiger partial charge in [0.15, 0.2) is 0 Å². The van der Waals surface area contributed by atoms with E-state index in [-0.39, 0.29) is 5.91 Å². The number of carbonyl (C=O) groups excluding carboxylic acids is 1. The predicted octanol–water partition coefficient (Wildman–Crippen LogP) is 1.80. The first kappa shape index (κ1) is 16.4. The van der Waals surface area contributed by atoms with Gasteiger partial charge in [-0.1, -0.05) is 30.3 Å². The van der Waals surface area contributed by atoms with E-state index < -0.39 is 0 Å². The highest BCUT2D eigenvalue weighted by Crippen LogP contribution is 2.13. The minimum atomic E-state index is -0.0187. The van der Waals surface area contributed by atoms with Crippen LogP contribution in [-0.2, 0) is 11.2 Å². The molecule has 1 amide bonds. The molecule has 0 bridgehead atoms. The Bertz CT molecular complexity index is 651. The van der Waals surface area contributed by atoms with Gasteiger partial charge in [0.1, 0.15) is 0 Å². The molecular weight excluding hydrogens is 302 g/mol. The number of amides is 1. The highest BCUT2D eigenvalue weighted by atomic mass is 16.1. The molecule has 24 heavy (non-hydrogen) atoms. The van der Waals surface area contributed by atoms with Gasteiger partial charge in [-0.3, -0.25) is 4.79 Å². The molecule has 1 N–H and O–H groups in total. The van der Waals surface area contributed by atoms with E-state index in [9.17, 15) is 4.79 Å². The van der Waals surface area contributed by atoms with E-state index in [1.54, 1.807) is 12.4 Å². The van der Waals surface area contributed by atoms with Crippen LogP contribution in [0.3, 0.4) is 0 Å². The average Bonchev–Trinajstić information content (AvgIpc) is 2.62. The summed E-state index contributed by atoms with van der Waals surface area (Å²) in [5.74, 6) is 0.709. The maximum Gasteiger partial charge on any atom is 0.225 e. The number of carbonyl (C=O) groups is 1. The van der Waals surface area contributed by atoms with Crippen LogP contribution >= 0.6 is 0 Å². The van der Waals surface area contributed by atoms with Crippen molar-refractivity contribution in [2.24, 2.45) is 0 Å². The SMILES string of the molecule is CN1CCN(c2ncc(NC(=O)CCc3ccccc3)cn2)CC1. The van der Waals surface area contributed by atoms with Gasteiger partial charge in [-0.2, -0.15) is 0 Å². The van der Waals surface area contributed by atoms with Crippen molar-refractivity contribution in [2.45, 2.75) is 12.8 Å². The standard InChI is InChI=1S/C18H23N5O/c1-22-9-11-23(12-10-22)18-19-13-16(14-20-18)21-17(24)8-7-15-5-3-2-4-6-15/h2-6,13-14H,7-12H2,1H3,(H,21,24). The summed E-state index contributed by atoms with van der Waals surface area (Å²) >= 11 is 0. The van der Waals surface area contributed by atoms with Crippen molar-refractivity contribution < 1.29 is 4.79 Å². The van der Waals surface area contributed by atoms with Crippen molar-refractivity contribution in [3.63, 3.8) is 0 Å². The zero-order chi connectivity index (χ0) is 16.8. The van der Waals surface area contributed by atoms with Gasteiger partial charge in [0.25, 0.3) is 0 Å². The maximum atomic E-state index is 12.0. The first-order valence-electron chi connectivity index (χ1n) is 8.30. The number of likely N-dealkylation sites (N-methyl/N-ethyl adjacent to an activating group) is 1. The number of hydrogen-bond donors (Lipinski definition) is 1. The van der Waals surface area contributed by atoms with Crippen molar-refractivity contribution in [1.82, 2.24) is 14.9 Å². The number of aromatic nitrogens is 2. The largest absolute Gasteiger partial charge is 0.338 e. The van der Waals surface area contributed by atoms with Gasteiger partial charge < -0.3 is 15.1 Å². The third kappa shape index (κ3) is 4.52. The lowest BCUT2D eigenvalue weighted by atomic mass is 10.1. The van der Waals surface area contributed by atoms with Gasteiger partial charge in [0, 0.05) is 32.6 Å². The van der Waals surface area contributed by atoms with Crippen LogP contribution in [0.25, 0.3) is 0 Å². The Balaban J connectivity index is 1.49. The molecule has 2 aromatic rings. The topological polar surface area (TPSA) is 61.4 Å². The molecule has 6 nitrogen and oxygen atoms in total. The summed E-state index contributed by atoms with van der Waals surface area (Å²) < 4.78 is 0. The third-order valence-corrected chi connectivity index (χ3v) is 4.19. The molecule has 0 spiro atoms. The molecule has 3 rings (SSSR count). The van der Waals surface area contributed by atoms with Crippen LogP contribution in [-0.4, -0.2) is 54.0 Å². The van der Waals surface area contributed by atoms with Gasteiger partial charge in [0.05, 0.1) is 18.1 Å². The molecule has 126 valence electrons. The second-order valence-corrected chi connectivity index (χ2v) is 6.10. The summed E-state index contributed by atoms with van der Waals surface area (Å²) in [7, 11) is 2.12. The molecule has 0 atom stereocenters. The minimum absolute atomic E-state index is 0.0187. The molecule has 1 aromatic heterocycles. The second kappa shape index (κ2) is 7.88. The maximum absolute atomic E-state index is 12.0. The summed E-state index contributed by atoms with van der Waals surface area (Å²) in [5, 5.41) is 2.86. The summed E-state index contributed by atoms with van der Waals surface area (Å²) in [5.41, 5.74) is 1.81. The fourth-order valence-corrected chi connectivity index (χ4v) is 2.68. The summed E-state index contributed by atoms with van der Waals surface area (Å²) in [6.45, 7) is 3.89. The normalized spacial score (nSPS) is 15.3. The molecule has 1 aromatic carbocycles. The van der Waals surface area contributed by atoms with Gasteiger partial charge in [-0.15, -0.1) is 0 Å². The second-order valence-electron chi connectivity index (χ2n) is 6.10. The van der Waals surface area contributed by atoms with Crippen molar-refractivity contribution in [3.8, 4) is 0 Å². The van der Waals surface area contributed by atoms with Crippen molar-refractivity contribution in [1.29, 1.82) is 0 Å². The van der Waals surface area contributed by atoms with E-state index in [1.807, 2.05) is 30.3 Å². The fraction of sp³-hybridized carbons (Fsp3) is 0.389. The van der Waals surface area contributed by atoms with Crippen LogP contribution in [0.4, 0.5) is 11.6 Å². The molecular formula is C18H23N5O. The number of nitrogens with zero attached hydrogens (tertiary/aromatic N) is 4. The number of piperazine rings is 1. The first-order chi connectivity index (χ1) is 11.7. The average molecular weight is 325 g/mol. The zero-order valence-corrected chi connectivity index (χ0v) is 14.0. The van der Waals surface area contributed by atoms with Crippen LogP contribution in [0.1, 0.15) is 12.0 Å². The Hall–Kier alpha value is -2.47. The molecule has 0 aliphatic carbocycles. The summed E-state index contributed by atoms with van der Waals surface area (Å²) in [4.78, 5) is 25.2. The lowest BCUT2D eigenvalue weighted by Crippen LogP contribution is -2.45. The third-order valence-electron chi connectivity index (χ3n) is 4.19. The number of nitrogens with one attached hydrogen (secondary N) is 1. The molecule has 0 saturated carbocycles. The van der Waals surface area contributed by atoms with Crippen LogP contribution in [0.5, 0.6) is 0 Å². The van der Waals surface area contributed by atoms with E-state index in [1.165, 1.54) is 0 Å². The monoisotopic (exact) mass is 325 g/mol. The molecule has 1 aliphatic heterocycles. The van der Waals surface area contributed by atoms with Crippen LogP contribution < -0.4 is 10.2 Å². The van der Waals surface area contributed by atoms with Crippen molar-refractivity contribution in [2.75, 3.05) is 43.4 Å². The molecule has 1 aliphatic rings. The minimum Gasteiger partial charge on any atom is -0.338 e. The molecule has 0 unspecified atom stereocenters. The molecule has 1 saturated heterocycles. The van der Waals surface area contributed by atoms with E-state index in [2.05, 4.69) is 32.1 Å². The Morgan fingerprint density at radius 1 is 1.08 bits per heavy atom. The lowest BCUT2D eigenvalue weighted by molar-refractivity contribution is -0.116. The van der Waals surface area contributed by atoms with E-state index in [4.69, 9.17) is 0 Å². The Kier molecular flexibility index (Phi) is 5.38. The molecule has 1 fully saturated rings. The van der Waals surface area contributed by atoms with E-state index >= 15 is 0 Å². The Morgan fingerprint density at radius 2 is 1.75 bits per heavy atom. The smallest absolute Gasteiger partial charge is 0.225 e. The number of anilines is 2. The number of hydrogen-bond acceptors (Lipinski definition) is 5. The molecule has 2 heterocycles. The summed E-state index contributed by atoms with van der Waals surface area (Å²) in [6.07, 6.45) is 4.54. The first-order valence-corrected chi connectivity index (χ1v) is 8.30. The quantitative estimate of drug-likeness (QED) is 0.908. The van der Waals surface area contributed by atoms with Gasteiger partial charge in [0.2, 0.25) is 11.9 Å². The lowest BCUT2D eigenvalue weighted by Gasteiger charge is -2.32. The van der Waals surface area contributed by atoms with Gasteiger partial charge in [-0.05, 0) is 19.0 Å². The number of rotatable bonds is 5. The molecule has 0 radical (unpaired) electrons. The van der Waals surface area contributed by atoms with E-state index in [0.717, 1.165) is 44.1 Å². The van der Waals surface area contributed by atoms with Crippen LogP contribution in [0.2, 0.25) is 0 Å². The highest BCUT2D eigenvalue weighted by Gasteiger charge is 2.16.